The van der Waals surface area contributed by atoms with Gasteiger partial charge in [-0.25, -0.2) is 0 Å². The fourth-order valence-corrected chi connectivity index (χ4v) is 14.6. The summed E-state index contributed by atoms with van der Waals surface area (Å²) < 4.78 is -2.12. The maximum atomic E-state index is 3.02. The van der Waals surface area contributed by atoms with Crippen LogP contribution in [0.1, 0.15) is 62.1 Å². The number of halogens is 1. The van der Waals surface area contributed by atoms with Crippen LogP contribution in [0.2, 0.25) is 0 Å². The van der Waals surface area contributed by atoms with Crippen molar-refractivity contribution in [2.45, 2.75) is 63.9 Å². The minimum absolute atomic E-state index is 1.23. The molecule has 0 aromatic heterocycles. The molecule has 0 nitrogen and oxygen atoms in total. The molecule has 0 atom stereocenters. The van der Waals surface area contributed by atoms with Gasteiger partial charge in [-0.05, 0) is 0 Å². The van der Waals surface area contributed by atoms with E-state index < -0.39 is 4.25 Å². The molecule has 166 valence electrons. The van der Waals surface area contributed by atoms with Gasteiger partial charge in [0.25, 0.3) is 0 Å². The zero-order valence-corrected chi connectivity index (χ0v) is 22.1. The van der Waals surface area contributed by atoms with E-state index in [1.54, 1.807) is 0 Å². The topological polar surface area (TPSA) is 0 Å². The average molecular weight is 545 g/mol. The minimum atomic E-state index is -2.12. The summed E-state index contributed by atoms with van der Waals surface area (Å²) in [6.45, 7) is 2.30. The summed E-state index contributed by atoms with van der Waals surface area (Å²) in [5.41, 5.74) is 4.52. The van der Waals surface area contributed by atoms with Gasteiger partial charge in [-0.15, -0.1) is 0 Å². The van der Waals surface area contributed by atoms with Crippen LogP contribution in [-0.2, 0) is 18.5 Å². The van der Waals surface area contributed by atoms with Crippen LogP contribution in [0.25, 0.3) is 0 Å². The fourth-order valence-electron chi connectivity index (χ4n) is 4.81. The second-order valence-electron chi connectivity index (χ2n) is 9.24. The molecule has 3 aromatic carbocycles. The van der Waals surface area contributed by atoms with Crippen molar-refractivity contribution in [2.75, 3.05) is 6.16 Å². The molecule has 0 fully saturated rings. The predicted octanol–water partition coefficient (Wildman–Crippen LogP) is 9.85. The van der Waals surface area contributed by atoms with Crippen molar-refractivity contribution in [1.82, 2.24) is 0 Å². The van der Waals surface area contributed by atoms with Gasteiger partial charge in [0, 0.05) is 0 Å². The number of benzene rings is 3. The molecule has 0 radical (unpaired) electrons. The molecule has 0 amide bonds. The molecule has 3 rings (SSSR count). The first-order chi connectivity index (χ1) is 15.1. The third-order valence-electron chi connectivity index (χ3n) is 6.33. The molecule has 0 N–H and O–H groups in total. The summed E-state index contributed by atoms with van der Waals surface area (Å²) in [5, 5.41) is 0. The first-order valence-electron chi connectivity index (χ1n) is 11.9. The van der Waals surface area contributed by atoms with Crippen LogP contribution in [0.4, 0.5) is 0 Å². The first kappa shape index (κ1) is 24.5. The predicted molar refractivity (Wildman–Crippen MR) is 150 cm³/mol. The van der Waals surface area contributed by atoms with Crippen LogP contribution < -0.4 is 0 Å². The Labute approximate surface area is 203 Å². The number of rotatable bonds is 13. The van der Waals surface area contributed by atoms with E-state index in [1.165, 1.54) is 79.9 Å². The Kier molecular flexibility index (Phi) is 9.60. The van der Waals surface area contributed by atoms with Gasteiger partial charge in [0.2, 0.25) is 0 Å². The van der Waals surface area contributed by atoms with Crippen molar-refractivity contribution in [3.63, 3.8) is 0 Å². The molecule has 0 heterocycles. The molecule has 0 spiro atoms. The van der Waals surface area contributed by atoms with Gasteiger partial charge in [0.05, 0.1) is 0 Å². The van der Waals surface area contributed by atoms with Crippen LogP contribution >= 0.6 is 26.3 Å². The van der Waals surface area contributed by atoms with E-state index in [9.17, 15) is 0 Å². The quantitative estimate of drug-likeness (QED) is 0.114. The third-order valence-corrected chi connectivity index (χ3v) is 15.8. The number of unbranched alkanes of at least 4 members (excludes halogenated alkanes) is 5. The normalized spacial score (nSPS) is 12.9. The van der Waals surface area contributed by atoms with Crippen LogP contribution in [0.15, 0.2) is 91.0 Å². The van der Waals surface area contributed by atoms with Gasteiger partial charge in [0.1, 0.15) is 0 Å². The van der Waals surface area contributed by atoms with Crippen LogP contribution in [-0.4, -0.2) is 6.16 Å². The average Bonchev–Trinajstić information content (AvgIpc) is 2.78. The van der Waals surface area contributed by atoms with Crippen molar-refractivity contribution in [3.8, 4) is 0 Å². The van der Waals surface area contributed by atoms with Crippen molar-refractivity contribution in [3.05, 3.63) is 108 Å². The second-order valence-corrected chi connectivity index (χ2v) is 22.5. The van der Waals surface area contributed by atoms with E-state index in [0.29, 0.717) is 0 Å². The van der Waals surface area contributed by atoms with E-state index in [-0.39, 0.29) is 0 Å². The summed E-state index contributed by atoms with van der Waals surface area (Å²) in [7, 11) is 0. The fraction of sp³-hybridized carbons (Fsp3) is 0.379. The Morgan fingerprint density at radius 1 is 0.516 bits per heavy atom. The summed E-state index contributed by atoms with van der Waals surface area (Å²) in [6, 6.07) is 33.8. The molecular weight excluding hydrogens is 506 g/mol. The molecule has 0 saturated heterocycles. The summed E-state index contributed by atoms with van der Waals surface area (Å²) in [4.78, 5) is 0. The molecule has 2 heteroatoms. The molecule has 31 heavy (non-hydrogen) atoms. The Balaban J connectivity index is 1.91. The summed E-state index contributed by atoms with van der Waals surface area (Å²) >= 11 is 3.02. The van der Waals surface area contributed by atoms with E-state index in [4.69, 9.17) is 0 Å². The van der Waals surface area contributed by atoms with Crippen molar-refractivity contribution in [1.29, 1.82) is 0 Å². The van der Waals surface area contributed by atoms with Gasteiger partial charge < -0.3 is 0 Å². The second kappa shape index (κ2) is 12.2. The Morgan fingerprint density at radius 2 is 0.871 bits per heavy atom. The van der Waals surface area contributed by atoms with Crippen LogP contribution in [0.5, 0.6) is 0 Å². The van der Waals surface area contributed by atoms with Crippen LogP contribution in [0, 0.1) is 0 Å². The monoisotopic (exact) mass is 544 g/mol. The third kappa shape index (κ3) is 8.03. The zero-order valence-electron chi connectivity index (χ0n) is 19.1. The molecule has 0 aliphatic rings. The molecule has 0 aliphatic heterocycles. The molecule has 0 unspecified atom stereocenters. The zero-order chi connectivity index (χ0) is 21.9. The van der Waals surface area contributed by atoms with Crippen molar-refractivity contribution in [2.24, 2.45) is 0 Å². The summed E-state index contributed by atoms with van der Waals surface area (Å²) in [5.74, 6) is 0. The Hall–Kier alpha value is -1.18. The van der Waals surface area contributed by atoms with Gasteiger partial charge in [-0.2, -0.15) is 0 Å². The summed E-state index contributed by atoms with van der Waals surface area (Å²) in [6.07, 6.45) is 13.3. The molecule has 0 bridgehead atoms. The van der Waals surface area contributed by atoms with E-state index in [1.807, 2.05) is 0 Å². The number of hydrogen-bond donors (Lipinski definition) is 0. The van der Waals surface area contributed by atoms with Gasteiger partial charge in [0.15, 0.2) is 0 Å². The maximum absolute atomic E-state index is 3.02. The first-order valence-corrected chi connectivity index (χ1v) is 17.7. The van der Waals surface area contributed by atoms with Gasteiger partial charge >= 0.3 is 204 Å². The van der Waals surface area contributed by atoms with Gasteiger partial charge in [-0.3, -0.25) is 0 Å². The van der Waals surface area contributed by atoms with Crippen LogP contribution in [0.3, 0.4) is 0 Å². The van der Waals surface area contributed by atoms with E-state index in [2.05, 4.69) is 120 Å². The molecule has 0 saturated carbocycles. The molecule has 3 aromatic rings. The molecule has 0 aliphatic carbocycles. The van der Waals surface area contributed by atoms with Gasteiger partial charge in [-0.1, -0.05) is 0 Å². The Morgan fingerprint density at radius 3 is 1.26 bits per heavy atom. The Bertz CT molecular complexity index is 772. The number of hydrogen-bond acceptors (Lipinski definition) is 0. The SMILES string of the molecule is CCCCCCCCP(I)(Cc1ccccc1)(Cc1ccccc1)Cc1ccccc1. The van der Waals surface area contributed by atoms with Crippen molar-refractivity contribution >= 4 is 26.3 Å². The molecular formula is C29H38IP. The standard InChI is InChI=1S/C29H38IP/c1-2-3-4-5-6-16-23-31(30,24-27-17-10-7-11-18-27,25-28-19-12-8-13-20-28)26-29-21-14-9-15-22-29/h7-15,17-22H,2-6,16,23-26H2,1H3. The van der Waals surface area contributed by atoms with Crippen molar-refractivity contribution < 1.29 is 0 Å². The van der Waals surface area contributed by atoms with E-state index in [0.717, 1.165) is 0 Å². The van der Waals surface area contributed by atoms with E-state index >= 15 is 0 Å².